The molecule has 1 aliphatic rings. The summed E-state index contributed by atoms with van der Waals surface area (Å²) in [5, 5.41) is 0. The van der Waals surface area contributed by atoms with E-state index in [4.69, 9.17) is 11.5 Å². The first-order valence-corrected chi connectivity index (χ1v) is 7.28. The number of aromatic nitrogens is 1. The molecular weight excluding hydrogens is 236 g/mol. The standard InChI is InChI=1S/C15H26N4/c1-3-15(2,19-9-4-5-10-19)13(16)11-12-7-6-8-18-14(12)17/h6-8,13H,3-5,9-11,16H2,1-2H3,(H2,17,18). The maximum atomic E-state index is 6.52. The molecule has 0 aromatic carbocycles. The number of pyridine rings is 1. The number of rotatable bonds is 5. The Bertz CT molecular complexity index is 414. The Morgan fingerprint density at radius 3 is 2.68 bits per heavy atom. The molecule has 0 spiro atoms. The Labute approximate surface area is 116 Å². The van der Waals surface area contributed by atoms with Crippen LogP contribution in [0.3, 0.4) is 0 Å². The van der Waals surface area contributed by atoms with Gasteiger partial charge in [0.25, 0.3) is 0 Å². The van der Waals surface area contributed by atoms with Gasteiger partial charge in [0.15, 0.2) is 0 Å². The van der Waals surface area contributed by atoms with E-state index < -0.39 is 0 Å². The molecule has 1 fully saturated rings. The lowest BCUT2D eigenvalue weighted by atomic mass is 9.84. The first kappa shape index (κ1) is 14.3. The van der Waals surface area contributed by atoms with Crippen molar-refractivity contribution in [1.29, 1.82) is 0 Å². The molecule has 19 heavy (non-hydrogen) atoms. The molecule has 0 aliphatic carbocycles. The van der Waals surface area contributed by atoms with Crippen molar-refractivity contribution in [3.63, 3.8) is 0 Å². The molecule has 0 amide bonds. The number of anilines is 1. The second-order valence-electron chi connectivity index (χ2n) is 5.76. The van der Waals surface area contributed by atoms with Crippen LogP contribution in [0.2, 0.25) is 0 Å². The van der Waals surface area contributed by atoms with Crippen LogP contribution in [-0.2, 0) is 6.42 Å². The summed E-state index contributed by atoms with van der Waals surface area (Å²) in [4.78, 5) is 6.69. The highest BCUT2D eigenvalue weighted by molar-refractivity contribution is 5.39. The average Bonchev–Trinajstić information content (AvgIpc) is 2.95. The Morgan fingerprint density at radius 1 is 1.42 bits per heavy atom. The molecule has 0 bridgehead atoms. The molecule has 4 nitrogen and oxygen atoms in total. The SMILES string of the molecule is CCC(C)(C(N)Cc1cccnc1N)N1CCCC1. The van der Waals surface area contributed by atoms with Crippen molar-refractivity contribution in [3.05, 3.63) is 23.9 Å². The quantitative estimate of drug-likeness (QED) is 0.849. The Morgan fingerprint density at radius 2 is 2.11 bits per heavy atom. The Hall–Kier alpha value is -1.13. The molecule has 0 saturated carbocycles. The van der Waals surface area contributed by atoms with E-state index in [1.165, 1.54) is 25.9 Å². The minimum atomic E-state index is 0.0543. The number of likely N-dealkylation sites (tertiary alicyclic amines) is 1. The molecule has 1 aromatic rings. The summed E-state index contributed by atoms with van der Waals surface area (Å²) in [5.41, 5.74) is 13.6. The van der Waals surface area contributed by atoms with Gasteiger partial charge in [-0.15, -0.1) is 0 Å². The number of hydrogen-bond donors (Lipinski definition) is 2. The molecule has 2 atom stereocenters. The van der Waals surface area contributed by atoms with E-state index in [2.05, 4.69) is 23.7 Å². The van der Waals surface area contributed by atoms with Crippen molar-refractivity contribution in [2.75, 3.05) is 18.8 Å². The summed E-state index contributed by atoms with van der Waals surface area (Å²) in [5.74, 6) is 0.609. The summed E-state index contributed by atoms with van der Waals surface area (Å²) in [6.07, 6.45) is 6.16. The lowest BCUT2D eigenvalue weighted by Gasteiger charge is -2.43. The van der Waals surface area contributed by atoms with E-state index in [0.717, 1.165) is 18.4 Å². The van der Waals surface area contributed by atoms with Gasteiger partial charge in [-0.1, -0.05) is 13.0 Å². The molecule has 2 unspecified atom stereocenters. The third-order valence-corrected chi connectivity index (χ3v) is 4.71. The van der Waals surface area contributed by atoms with Crippen LogP contribution < -0.4 is 11.5 Å². The number of nitrogen functional groups attached to an aromatic ring is 1. The molecular formula is C15H26N4. The van der Waals surface area contributed by atoms with E-state index in [0.29, 0.717) is 5.82 Å². The first-order chi connectivity index (χ1) is 9.08. The van der Waals surface area contributed by atoms with Crippen molar-refractivity contribution in [3.8, 4) is 0 Å². The van der Waals surface area contributed by atoms with Crippen LogP contribution in [0.25, 0.3) is 0 Å². The molecule has 106 valence electrons. The van der Waals surface area contributed by atoms with E-state index in [1.54, 1.807) is 6.20 Å². The van der Waals surface area contributed by atoms with E-state index in [-0.39, 0.29) is 11.6 Å². The minimum absolute atomic E-state index is 0.0543. The van der Waals surface area contributed by atoms with Gasteiger partial charge in [0.1, 0.15) is 5.82 Å². The lowest BCUT2D eigenvalue weighted by Crippen LogP contribution is -2.57. The second-order valence-corrected chi connectivity index (χ2v) is 5.76. The van der Waals surface area contributed by atoms with E-state index in [9.17, 15) is 0 Å². The number of hydrogen-bond acceptors (Lipinski definition) is 4. The highest BCUT2D eigenvalue weighted by Gasteiger charge is 2.37. The van der Waals surface area contributed by atoms with Crippen molar-refractivity contribution >= 4 is 5.82 Å². The van der Waals surface area contributed by atoms with Crippen molar-refractivity contribution in [2.45, 2.75) is 51.1 Å². The van der Waals surface area contributed by atoms with Crippen LogP contribution in [0.15, 0.2) is 18.3 Å². The number of nitrogens with zero attached hydrogens (tertiary/aromatic N) is 2. The minimum Gasteiger partial charge on any atom is -0.383 e. The molecule has 4 heteroatoms. The van der Waals surface area contributed by atoms with Crippen LogP contribution in [0.5, 0.6) is 0 Å². The van der Waals surface area contributed by atoms with Gasteiger partial charge in [-0.05, 0) is 57.3 Å². The molecule has 2 rings (SSSR count). The highest BCUT2D eigenvalue weighted by atomic mass is 15.2. The highest BCUT2D eigenvalue weighted by Crippen LogP contribution is 2.29. The van der Waals surface area contributed by atoms with Gasteiger partial charge in [-0.25, -0.2) is 4.98 Å². The zero-order chi connectivity index (χ0) is 13.9. The van der Waals surface area contributed by atoms with Crippen LogP contribution in [0.4, 0.5) is 5.82 Å². The molecule has 1 aromatic heterocycles. The van der Waals surface area contributed by atoms with Gasteiger partial charge in [-0.3, -0.25) is 4.90 Å². The van der Waals surface area contributed by atoms with Crippen LogP contribution >= 0.6 is 0 Å². The van der Waals surface area contributed by atoms with Crippen molar-refractivity contribution in [1.82, 2.24) is 9.88 Å². The largest absolute Gasteiger partial charge is 0.383 e. The number of nitrogens with two attached hydrogens (primary N) is 2. The third-order valence-electron chi connectivity index (χ3n) is 4.71. The van der Waals surface area contributed by atoms with Gasteiger partial charge < -0.3 is 11.5 Å². The predicted octanol–water partition coefficient (Wildman–Crippen LogP) is 1.80. The third kappa shape index (κ3) is 2.90. The molecule has 1 saturated heterocycles. The summed E-state index contributed by atoms with van der Waals surface area (Å²) in [7, 11) is 0. The monoisotopic (exact) mass is 262 g/mol. The lowest BCUT2D eigenvalue weighted by molar-refractivity contribution is 0.0999. The first-order valence-electron chi connectivity index (χ1n) is 7.28. The maximum absolute atomic E-state index is 6.52. The van der Waals surface area contributed by atoms with Gasteiger partial charge in [-0.2, -0.15) is 0 Å². The van der Waals surface area contributed by atoms with Gasteiger partial charge in [0.05, 0.1) is 0 Å². The molecule has 0 radical (unpaired) electrons. The van der Waals surface area contributed by atoms with Gasteiger partial charge >= 0.3 is 0 Å². The summed E-state index contributed by atoms with van der Waals surface area (Å²) in [6, 6.07) is 4.04. The summed E-state index contributed by atoms with van der Waals surface area (Å²) < 4.78 is 0. The van der Waals surface area contributed by atoms with E-state index in [1.807, 2.05) is 12.1 Å². The van der Waals surface area contributed by atoms with Crippen LogP contribution in [-0.4, -0.2) is 34.6 Å². The zero-order valence-corrected chi connectivity index (χ0v) is 12.1. The fourth-order valence-corrected chi connectivity index (χ4v) is 3.03. The van der Waals surface area contributed by atoms with Crippen molar-refractivity contribution in [2.24, 2.45) is 5.73 Å². The van der Waals surface area contributed by atoms with Crippen LogP contribution in [0.1, 0.15) is 38.7 Å². The van der Waals surface area contributed by atoms with Gasteiger partial charge in [0, 0.05) is 17.8 Å². The average molecular weight is 262 g/mol. The topological polar surface area (TPSA) is 68.2 Å². The summed E-state index contributed by atoms with van der Waals surface area (Å²) in [6.45, 7) is 6.85. The van der Waals surface area contributed by atoms with Crippen LogP contribution in [0, 0.1) is 0 Å². The maximum Gasteiger partial charge on any atom is 0.126 e. The van der Waals surface area contributed by atoms with E-state index >= 15 is 0 Å². The Kier molecular flexibility index (Phi) is 4.42. The Balaban J connectivity index is 2.12. The summed E-state index contributed by atoms with van der Waals surface area (Å²) >= 11 is 0. The smallest absolute Gasteiger partial charge is 0.126 e. The molecule has 2 heterocycles. The molecule has 1 aliphatic heterocycles. The van der Waals surface area contributed by atoms with Crippen molar-refractivity contribution < 1.29 is 0 Å². The fourth-order valence-electron chi connectivity index (χ4n) is 3.03. The second kappa shape index (κ2) is 5.88. The predicted molar refractivity (Wildman–Crippen MR) is 79.8 cm³/mol. The fraction of sp³-hybridized carbons (Fsp3) is 0.667. The molecule has 4 N–H and O–H groups in total. The zero-order valence-electron chi connectivity index (χ0n) is 12.1. The normalized spacial score (nSPS) is 21.2. The van der Waals surface area contributed by atoms with Gasteiger partial charge in [0.2, 0.25) is 0 Å².